The Hall–Kier alpha value is -3.90. The predicted octanol–water partition coefficient (Wildman–Crippen LogP) is 2.68. The predicted molar refractivity (Wildman–Crippen MR) is 112 cm³/mol. The molecule has 4 amide bonds. The third-order valence-electron chi connectivity index (χ3n) is 4.95. The van der Waals surface area contributed by atoms with Crippen molar-refractivity contribution in [3.8, 4) is 5.69 Å². The van der Waals surface area contributed by atoms with E-state index in [0.717, 1.165) is 11.1 Å². The minimum Gasteiger partial charge on any atom is -0.462 e. The number of likely N-dealkylation sites (N-methyl/N-ethyl adjacent to an activating group) is 1. The number of amides is 4. The summed E-state index contributed by atoms with van der Waals surface area (Å²) in [6, 6.07) is 4.99. The molecular formula is C21H22F3N5O5. The highest BCUT2D eigenvalue weighted by Crippen LogP contribution is 2.34. The maximum atomic E-state index is 13.6. The molecule has 1 aliphatic heterocycles. The number of hydrogen-bond acceptors (Lipinski definition) is 6. The summed E-state index contributed by atoms with van der Waals surface area (Å²) in [4.78, 5) is 50.0. The molecule has 0 unspecified atom stereocenters. The van der Waals surface area contributed by atoms with Crippen molar-refractivity contribution in [1.82, 2.24) is 19.6 Å². The van der Waals surface area contributed by atoms with Crippen LogP contribution in [0.5, 0.6) is 0 Å². The minimum absolute atomic E-state index is 0.00493. The number of esters is 1. The second-order valence-corrected chi connectivity index (χ2v) is 7.42. The zero-order chi connectivity index (χ0) is 25.0. The van der Waals surface area contributed by atoms with E-state index in [-0.39, 0.29) is 50.0 Å². The number of nitrogens with zero attached hydrogens (tertiary/aromatic N) is 4. The quantitative estimate of drug-likeness (QED) is 0.458. The van der Waals surface area contributed by atoms with Gasteiger partial charge in [-0.05, 0) is 37.6 Å². The maximum Gasteiger partial charge on any atom is 0.434 e. The normalized spacial score (nSPS) is 14.0. The molecule has 1 fully saturated rings. The van der Waals surface area contributed by atoms with E-state index in [2.05, 4.69) is 15.2 Å². The van der Waals surface area contributed by atoms with Gasteiger partial charge in [-0.3, -0.25) is 14.5 Å². The van der Waals surface area contributed by atoms with Crippen LogP contribution in [0.4, 0.5) is 23.7 Å². The van der Waals surface area contributed by atoms with Crippen LogP contribution in [-0.4, -0.2) is 70.1 Å². The van der Waals surface area contributed by atoms with Gasteiger partial charge in [0, 0.05) is 25.7 Å². The van der Waals surface area contributed by atoms with E-state index >= 15 is 0 Å². The number of imide groups is 1. The molecule has 10 nitrogen and oxygen atoms in total. The minimum atomic E-state index is -4.86. The lowest BCUT2D eigenvalue weighted by molar-refractivity contribution is -0.143. The standard InChI is InChI=1S/C21H22F3N5O5/c1-3-34-19(32)15-11-25-29(18(15)21(22,23)24)14-8-6-13(7-9-14)26-16(30)5-4-10-28-17(31)12-27(2)20(28)33/h6-9,11H,3-5,10,12H2,1-2H3,(H,26,30). The number of ether oxygens (including phenoxy) is 1. The Bertz CT molecular complexity index is 1100. The molecule has 0 bridgehead atoms. The first-order valence-corrected chi connectivity index (χ1v) is 10.3. The zero-order valence-electron chi connectivity index (χ0n) is 18.4. The largest absolute Gasteiger partial charge is 0.462 e. The fourth-order valence-corrected chi connectivity index (χ4v) is 3.37. The highest BCUT2D eigenvalue weighted by atomic mass is 19.4. The molecule has 0 spiro atoms. The van der Waals surface area contributed by atoms with Crippen molar-refractivity contribution in [3.05, 3.63) is 41.7 Å². The molecule has 182 valence electrons. The van der Waals surface area contributed by atoms with Gasteiger partial charge < -0.3 is 15.0 Å². The van der Waals surface area contributed by atoms with Crippen LogP contribution < -0.4 is 5.32 Å². The molecule has 1 aromatic heterocycles. The van der Waals surface area contributed by atoms with Crippen LogP contribution in [-0.2, 0) is 20.5 Å². The molecule has 2 aromatic rings. The fourth-order valence-electron chi connectivity index (χ4n) is 3.37. The van der Waals surface area contributed by atoms with Crippen LogP contribution >= 0.6 is 0 Å². The van der Waals surface area contributed by atoms with E-state index in [4.69, 9.17) is 0 Å². The van der Waals surface area contributed by atoms with Gasteiger partial charge in [-0.2, -0.15) is 18.3 Å². The SMILES string of the molecule is CCOC(=O)c1cnn(-c2ccc(NC(=O)CCCN3C(=O)CN(C)C3=O)cc2)c1C(F)(F)F. The first kappa shape index (κ1) is 24.7. The van der Waals surface area contributed by atoms with Gasteiger partial charge >= 0.3 is 18.2 Å². The Morgan fingerprint density at radius 2 is 1.85 bits per heavy atom. The number of rotatable bonds is 8. The molecule has 1 N–H and O–H groups in total. The van der Waals surface area contributed by atoms with E-state index in [1.807, 2.05) is 0 Å². The van der Waals surface area contributed by atoms with Crippen molar-refractivity contribution in [3.63, 3.8) is 0 Å². The van der Waals surface area contributed by atoms with Gasteiger partial charge in [0.15, 0.2) is 5.69 Å². The fraction of sp³-hybridized carbons (Fsp3) is 0.381. The van der Waals surface area contributed by atoms with Crippen molar-refractivity contribution in [2.75, 3.05) is 32.1 Å². The number of nitrogens with one attached hydrogen (secondary N) is 1. The van der Waals surface area contributed by atoms with E-state index in [1.54, 1.807) is 0 Å². The molecule has 2 heterocycles. The molecule has 34 heavy (non-hydrogen) atoms. The molecule has 0 atom stereocenters. The first-order valence-electron chi connectivity index (χ1n) is 10.3. The van der Waals surface area contributed by atoms with Gasteiger partial charge in [0.25, 0.3) is 0 Å². The third-order valence-corrected chi connectivity index (χ3v) is 4.95. The number of carbonyl (C=O) groups excluding carboxylic acids is 4. The van der Waals surface area contributed by atoms with Crippen molar-refractivity contribution in [2.45, 2.75) is 25.9 Å². The summed E-state index contributed by atoms with van der Waals surface area (Å²) in [5.41, 5.74) is -1.61. The maximum absolute atomic E-state index is 13.6. The number of benzene rings is 1. The number of anilines is 1. The number of urea groups is 1. The smallest absolute Gasteiger partial charge is 0.434 e. The molecule has 13 heteroatoms. The van der Waals surface area contributed by atoms with Crippen LogP contribution in [0, 0.1) is 0 Å². The highest BCUT2D eigenvalue weighted by molar-refractivity contribution is 6.01. The summed E-state index contributed by atoms with van der Waals surface area (Å²) in [5, 5.41) is 6.29. The van der Waals surface area contributed by atoms with Crippen LogP contribution in [0.1, 0.15) is 35.8 Å². The monoisotopic (exact) mass is 481 g/mol. The van der Waals surface area contributed by atoms with Crippen molar-refractivity contribution >= 4 is 29.5 Å². The van der Waals surface area contributed by atoms with E-state index < -0.39 is 29.4 Å². The Morgan fingerprint density at radius 3 is 2.41 bits per heavy atom. The van der Waals surface area contributed by atoms with Gasteiger partial charge in [0.1, 0.15) is 12.1 Å². The van der Waals surface area contributed by atoms with Gasteiger partial charge in [-0.25, -0.2) is 14.3 Å². The molecule has 3 rings (SSSR count). The average molecular weight is 481 g/mol. The Morgan fingerprint density at radius 1 is 1.18 bits per heavy atom. The number of alkyl halides is 3. The Kier molecular flexibility index (Phi) is 7.23. The summed E-state index contributed by atoms with van der Waals surface area (Å²) in [5.74, 6) is -1.85. The first-order chi connectivity index (χ1) is 16.0. The molecule has 1 saturated heterocycles. The van der Waals surface area contributed by atoms with E-state index in [0.29, 0.717) is 10.4 Å². The lowest BCUT2D eigenvalue weighted by atomic mass is 10.2. The summed E-state index contributed by atoms with van der Waals surface area (Å²) in [6.45, 7) is 1.51. The number of carbonyl (C=O) groups is 4. The molecule has 0 saturated carbocycles. The highest BCUT2D eigenvalue weighted by Gasteiger charge is 2.41. The van der Waals surface area contributed by atoms with Crippen LogP contribution in [0.2, 0.25) is 0 Å². The number of halogens is 3. The second kappa shape index (κ2) is 9.93. The van der Waals surface area contributed by atoms with E-state index in [9.17, 15) is 32.3 Å². The van der Waals surface area contributed by atoms with Gasteiger partial charge in [-0.1, -0.05) is 0 Å². The van der Waals surface area contributed by atoms with Crippen LogP contribution in [0.3, 0.4) is 0 Å². The van der Waals surface area contributed by atoms with Crippen LogP contribution in [0.25, 0.3) is 5.69 Å². The number of hydrogen-bond donors (Lipinski definition) is 1. The molecule has 1 aromatic carbocycles. The van der Waals surface area contributed by atoms with E-state index in [1.165, 1.54) is 43.1 Å². The second-order valence-electron chi connectivity index (χ2n) is 7.42. The van der Waals surface area contributed by atoms with Crippen LogP contribution in [0.15, 0.2) is 30.5 Å². The summed E-state index contributed by atoms with van der Waals surface area (Å²) in [7, 11) is 1.51. The summed E-state index contributed by atoms with van der Waals surface area (Å²) >= 11 is 0. The van der Waals surface area contributed by atoms with Crippen molar-refractivity contribution in [2.24, 2.45) is 0 Å². The third kappa shape index (κ3) is 5.35. The Balaban J connectivity index is 1.64. The van der Waals surface area contributed by atoms with Crippen molar-refractivity contribution < 1.29 is 37.1 Å². The Labute approximate surface area is 192 Å². The average Bonchev–Trinajstić information content (AvgIpc) is 3.31. The topological polar surface area (TPSA) is 114 Å². The molecule has 0 radical (unpaired) electrons. The number of aromatic nitrogens is 2. The van der Waals surface area contributed by atoms with Gasteiger partial charge in [-0.15, -0.1) is 0 Å². The lowest BCUT2D eigenvalue weighted by Crippen LogP contribution is -2.32. The van der Waals surface area contributed by atoms with Gasteiger partial charge in [0.2, 0.25) is 11.8 Å². The van der Waals surface area contributed by atoms with Gasteiger partial charge in [0.05, 0.1) is 18.5 Å². The molecule has 1 aliphatic rings. The lowest BCUT2D eigenvalue weighted by Gasteiger charge is -2.14. The summed E-state index contributed by atoms with van der Waals surface area (Å²) < 4.78 is 46.1. The molecule has 0 aliphatic carbocycles. The van der Waals surface area contributed by atoms with Crippen molar-refractivity contribution in [1.29, 1.82) is 0 Å². The summed E-state index contributed by atoms with van der Waals surface area (Å²) in [6.07, 6.45) is -3.78. The molecular weight excluding hydrogens is 459 g/mol. The zero-order valence-corrected chi connectivity index (χ0v) is 18.4.